The van der Waals surface area contributed by atoms with Crippen LogP contribution in [0.2, 0.25) is 0 Å². The largest absolute Gasteiger partial charge is 0.371 e. The first kappa shape index (κ1) is 20.1. The lowest BCUT2D eigenvalue weighted by atomic mass is 10.1. The number of carbonyl (C=O) groups excluding carboxylic acids is 1. The van der Waals surface area contributed by atoms with Crippen LogP contribution in [0.5, 0.6) is 0 Å². The second-order valence-electron chi connectivity index (χ2n) is 7.17. The highest BCUT2D eigenvalue weighted by Crippen LogP contribution is 2.25. The van der Waals surface area contributed by atoms with E-state index in [0.717, 1.165) is 18.7 Å². The molecule has 3 aromatic rings. The summed E-state index contributed by atoms with van der Waals surface area (Å²) in [6.07, 6.45) is 5.87. The van der Waals surface area contributed by atoms with Gasteiger partial charge in [-0.25, -0.2) is 4.21 Å². The van der Waals surface area contributed by atoms with Gasteiger partial charge < -0.3 is 9.42 Å². The monoisotopic (exact) mass is 421 g/mol. The van der Waals surface area contributed by atoms with Crippen molar-refractivity contribution >= 4 is 34.4 Å². The van der Waals surface area contributed by atoms with Gasteiger partial charge in [-0.2, -0.15) is 0 Å². The zero-order chi connectivity index (χ0) is 20.9. The van der Waals surface area contributed by atoms with Crippen molar-refractivity contribution in [1.29, 1.82) is 0 Å². The van der Waals surface area contributed by atoms with Crippen LogP contribution in [0, 0.1) is 6.92 Å². The molecule has 1 unspecified atom stereocenters. The third kappa shape index (κ3) is 4.68. The Labute approximate surface area is 178 Å². The number of rotatable bonds is 7. The van der Waals surface area contributed by atoms with Crippen LogP contribution in [0.1, 0.15) is 34.5 Å². The van der Waals surface area contributed by atoms with Crippen molar-refractivity contribution in [3.63, 3.8) is 0 Å². The molecule has 2 heterocycles. The molecule has 0 bridgehead atoms. The zero-order valence-electron chi connectivity index (χ0n) is 16.7. The quantitative estimate of drug-likeness (QED) is 0.445. The highest BCUT2D eigenvalue weighted by Gasteiger charge is 2.14. The highest BCUT2D eigenvalue weighted by molar-refractivity contribution is 7.86. The number of aromatic nitrogens is 1. The standard InChI is InChI=1S/C23H23N3O3S/c1-17-16-23(24-29-17)25-30(28)20-11-8-19(9-12-20)22(27)13-10-18-6-2-3-7-21(18)26-14-4-5-15-26/h2-3,6-13,16H,4-5,14-15H2,1H3,(H,24,25)/b13-10+. The molecule has 7 heteroatoms. The van der Waals surface area contributed by atoms with E-state index in [1.807, 2.05) is 24.3 Å². The van der Waals surface area contributed by atoms with E-state index in [1.54, 1.807) is 43.3 Å². The van der Waals surface area contributed by atoms with Gasteiger partial charge in [-0.3, -0.25) is 9.52 Å². The Kier molecular flexibility index (Phi) is 6.09. The summed E-state index contributed by atoms with van der Waals surface area (Å²) in [7, 11) is -1.49. The maximum atomic E-state index is 12.6. The lowest BCUT2D eigenvalue weighted by Crippen LogP contribution is -2.18. The molecule has 0 amide bonds. The molecule has 1 atom stereocenters. The lowest BCUT2D eigenvalue weighted by Gasteiger charge is -2.19. The van der Waals surface area contributed by atoms with Gasteiger partial charge in [-0.05, 0) is 67.8 Å². The fraction of sp³-hybridized carbons (Fsp3) is 0.217. The van der Waals surface area contributed by atoms with Gasteiger partial charge in [-0.15, -0.1) is 0 Å². The van der Waals surface area contributed by atoms with Crippen LogP contribution >= 0.6 is 0 Å². The molecule has 1 aromatic heterocycles. The predicted molar refractivity (Wildman–Crippen MR) is 119 cm³/mol. The number of para-hydroxylation sites is 1. The first-order valence-electron chi connectivity index (χ1n) is 9.88. The molecule has 1 fully saturated rings. The van der Waals surface area contributed by atoms with Crippen molar-refractivity contribution in [2.24, 2.45) is 0 Å². The van der Waals surface area contributed by atoms with E-state index >= 15 is 0 Å². The Morgan fingerprint density at radius 2 is 1.87 bits per heavy atom. The van der Waals surface area contributed by atoms with E-state index in [2.05, 4.69) is 20.8 Å². The highest BCUT2D eigenvalue weighted by atomic mass is 32.2. The molecule has 1 saturated heterocycles. The molecule has 0 radical (unpaired) electrons. The smallest absolute Gasteiger partial charge is 0.185 e. The van der Waals surface area contributed by atoms with Crippen LogP contribution in [-0.2, 0) is 11.0 Å². The predicted octanol–water partition coefficient (Wildman–Crippen LogP) is 4.61. The number of nitrogens with zero attached hydrogens (tertiary/aromatic N) is 2. The number of ketones is 1. The molecule has 154 valence electrons. The van der Waals surface area contributed by atoms with Gasteiger partial charge in [0.05, 0.1) is 4.90 Å². The lowest BCUT2D eigenvalue weighted by molar-refractivity contribution is 0.104. The van der Waals surface area contributed by atoms with E-state index in [4.69, 9.17) is 4.52 Å². The number of anilines is 2. The van der Waals surface area contributed by atoms with Gasteiger partial charge in [0, 0.05) is 30.4 Å². The number of carbonyl (C=O) groups is 1. The molecule has 6 nitrogen and oxygen atoms in total. The molecule has 1 N–H and O–H groups in total. The minimum absolute atomic E-state index is 0.0938. The van der Waals surface area contributed by atoms with Crippen molar-refractivity contribution in [2.75, 3.05) is 22.7 Å². The molecule has 30 heavy (non-hydrogen) atoms. The fourth-order valence-corrected chi connectivity index (χ4v) is 4.23. The van der Waals surface area contributed by atoms with E-state index in [-0.39, 0.29) is 5.78 Å². The van der Waals surface area contributed by atoms with Crippen molar-refractivity contribution in [2.45, 2.75) is 24.7 Å². The van der Waals surface area contributed by atoms with E-state index in [9.17, 15) is 9.00 Å². The second kappa shape index (κ2) is 9.09. The maximum Gasteiger partial charge on any atom is 0.185 e. The fourth-order valence-electron chi connectivity index (χ4n) is 3.45. The summed E-state index contributed by atoms with van der Waals surface area (Å²) in [6, 6.07) is 16.5. The molecule has 4 rings (SSSR count). The normalized spacial score (nSPS) is 14.9. The zero-order valence-corrected chi connectivity index (χ0v) is 17.5. The van der Waals surface area contributed by atoms with Gasteiger partial charge in [0.25, 0.3) is 0 Å². The van der Waals surface area contributed by atoms with Crippen LogP contribution in [0.15, 0.2) is 70.1 Å². The van der Waals surface area contributed by atoms with E-state index < -0.39 is 11.0 Å². The van der Waals surface area contributed by atoms with Crippen LogP contribution in [0.25, 0.3) is 6.08 Å². The topological polar surface area (TPSA) is 75.4 Å². The molecular weight excluding hydrogens is 398 g/mol. The van der Waals surface area contributed by atoms with Gasteiger partial charge in [0.1, 0.15) is 5.76 Å². The molecule has 0 aliphatic carbocycles. The number of hydrogen-bond donors (Lipinski definition) is 1. The average molecular weight is 422 g/mol. The van der Waals surface area contributed by atoms with Crippen LogP contribution in [0.4, 0.5) is 11.5 Å². The third-order valence-corrected chi connectivity index (χ3v) is 6.07. The average Bonchev–Trinajstić information content (AvgIpc) is 3.44. The summed E-state index contributed by atoms with van der Waals surface area (Å²) in [5, 5.41) is 3.77. The molecule has 0 spiro atoms. The van der Waals surface area contributed by atoms with Gasteiger partial charge >= 0.3 is 0 Å². The number of allylic oxidation sites excluding steroid dienone is 1. The Balaban J connectivity index is 1.43. The first-order valence-corrected chi connectivity index (χ1v) is 11.0. The van der Waals surface area contributed by atoms with Crippen molar-refractivity contribution in [1.82, 2.24) is 5.16 Å². The summed E-state index contributed by atoms with van der Waals surface area (Å²) in [6.45, 7) is 3.87. The second-order valence-corrected chi connectivity index (χ2v) is 8.38. The molecule has 1 aliphatic heterocycles. The van der Waals surface area contributed by atoms with E-state index in [1.165, 1.54) is 18.5 Å². The van der Waals surface area contributed by atoms with Crippen LogP contribution < -0.4 is 9.62 Å². The summed E-state index contributed by atoms with van der Waals surface area (Å²) < 4.78 is 20.1. The third-order valence-electron chi connectivity index (χ3n) is 4.98. The Bertz CT molecular complexity index is 1080. The Hall–Kier alpha value is -3.19. The van der Waals surface area contributed by atoms with Crippen LogP contribution in [0.3, 0.4) is 0 Å². The molecule has 1 aliphatic rings. The molecule has 0 saturated carbocycles. The summed E-state index contributed by atoms with van der Waals surface area (Å²) in [4.78, 5) is 15.5. The number of aryl methyl sites for hydroxylation is 1. The maximum absolute atomic E-state index is 12.6. The summed E-state index contributed by atoms with van der Waals surface area (Å²) >= 11 is 0. The van der Waals surface area contributed by atoms with Gasteiger partial charge in [-0.1, -0.05) is 23.4 Å². The SMILES string of the molecule is Cc1cc(NS(=O)c2ccc(C(=O)/C=C/c3ccccc3N3CCCC3)cc2)no1. The minimum Gasteiger partial charge on any atom is -0.371 e. The number of benzene rings is 2. The minimum atomic E-state index is -1.49. The molecular formula is C23H23N3O3S. The Morgan fingerprint density at radius 1 is 1.13 bits per heavy atom. The van der Waals surface area contributed by atoms with Gasteiger partial charge in [0.15, 0.2) is 22.6 Å². The van der Waals surface area contributed by atoms with Crippen LogP contribution in [-0.4, -0.2) is 28.2 Å². The van der Waals surface area contributed by atoms with Crippen molar-refractivity contribution in [3.05, 3.63) is 77.6 Å². The Morgan fingerprint density at radius 3 is 2.57 bits per heavy atom. The van der Waals surface area contributed by atoms with Crippen molar-refractivity contribution < 1.29 is 13.5 Å². The van der Waals surface area contributed by atoms with Crippen molar-refractivity contribution in [3.8, 4) is 0 Å². The summed E-state index contributed by atoms with van der Waals surface area (Å²) in [5.41, 5.74) is 2.75. The molecule has 2 aromatic carbocycles. The summed E-state index contributed by atoms with van der Waals surface area (Å²) in [5.74, 6) is 0.947. The number of hydrogen-bond acceptors (Lipinski definition) is 5. The van der Waals surface area contributed by atoms with E-state index in [0.29, 0.717) is 22.0 Å². The van der Waals surface area contributed by atoms with Gasteiger partial charge in [0.2, 0.25) is 0 Å². The first-order chi connectivity index (χ1) is 14.6. The number of nitrogens with one attached hydrogen (secondary N) is 1.